The summed E-state index contributed by atoms with van der Waals surface area (Å²) in [6.45, 7) is 4.12. The number of hydrogen-bond donors (Lipinski definition) is 3. The molecule has 0 fully saturated rings. The molecule has 0 aliphatic rings. The van der Waals surface area contributed by atoms with Gasteiger partial charge in [0.1, 0.15) is 11.6 Å². The first-order chi connectivity index (χ1) is 17.0. The molecule has 0 aliphatic carbocycles. The molecule has 0 radical (unpaired) electrons. The number of hydrogen-bond acceptors (Lipinski definition) is 5. The maximum atomic E-state index is 15.0. The lowest BCUT2D eigenvalue weighted by atomic mass is 9.98. The monoisotopic (exact) mass is 498 g/mol. The van der Waals surface area contributed by atoms with Crippen LogP contribution in [0, 0.1) is 5.82 Å². The van der Waals surface area contributed by atoms with Crippen molar-refractivity contribution in [3.8, 4) is 11.1 Å². The Kier molecular flexibility index (Phi) is 6.53. The molecular weight excluding hydrogens is 476 g/mol. The van der Waals surface area contributed by atoms with Crippen LogP contribution in [0.4, 0.5) is 35.0 Å². The summed E-state index contributed by atoms with van der Waals surface area (Å²) < 4.78 is 55.0. The van der Waals surface area contributed by atoms with Gasteiger partial charge in [0, 0.05) is 29.2 Å². The molecule has 0 spiro atoms. The van der Waals surface area contributed by atoms with Crippen LogP contribution in [0.15, 0.2) is 54.6 Å². The van der Waals surface area contributed by atoms with E-state index in [0.29, 0.717) is 17.4 Å². The summed E-state index contributed by atoms with van der Waals surface area (Å²) in [5.74, 6) is -1.92. The first kappa shape index (κ1) is 24.9. The molecule has 4 rings (SSSR count). The van der Waals surface area contributed by atoms with Crippen LogP contribution in [0.3, 0.4) is 0 Å². The first-order valence-corrected chi connectivity index (χ1v) is 11.0. The summed E-state index contributed by atoms with van der Waals surface area (Å²) in [7, 11) is 1.69. The highest BCUT2D eigenvalue weighted by Crippen LogP contribution is 2.39. The van der Waals surface area contributed by atoms with Crippen LogP contribution >= 0.6 is 0 Å². The van der Waals surface area contributed by atoms with Crippen LogP contribution in [-0.4, -0.2) is 28.1 Å². The van der Waals surface area contributed by atoms with Crippen molar-refractivity contribution in [1.82, 2.24) is 9.97 Å². The van der Waals surface area contributed by atoms with Crippen molar-refractivity contribution in [3.05, 3.63) is 77.1 Å². The number of carboxylic acids is 1. The lowest BCUT2D eigenvalue weighted by molar-refractivity contribution is -0.139. The predicted molar refractivity (Wildman–Crippen MR) is 130 cm³/mol. The van der Waals surface area contributed by atoms with Gasteiger partial charge in [0.25, 0.3) is 0 Å². The molecule has 0 saturated carbocycles. The Morgan fingerprint density at radius 3 is 2.39 bits per heavy atom. The van der Waals surface area contributed by atoms with E-state index in [1.54, 1.807) is 7.05 Å². The third-order valence-corrected chi connectivity index (χ3v) is 5.73. The number of fused-ring (bicyclic) bond motifs is 1. The Balaban J connectivity index is 1.86. The number of aromatic nitrogens is 2. The molecule has 0 amide bonds. The third kappa shape index (κ3) is 4.79. The van der Waals surface area contributed by atoms with Gasteiger partial charge in [-0.25, -0.2) is 14.2 Å². The highest BCUT2D eigenvalue weighted by molar-refractivity contribution is 5.94. The van der Waals surface area contributed by atoms with Crippen molar-refractivity contribution >= 4 is 34.3 Å². The van der Waals surface area contributed by atoms with Crippen LogP contribution in [-0.2, 0) is 6.18 Å². The number of carboxylic acid groups (broad SMARTS) is 1. The van der Waals surface area contributed by atoms with E-state index in [9.17, 15) is 27.5 Å². The summed E-state index contributed by atoms with van der Waals surface area (Å²) >= 11 is 0. The minimum absolute atomic E-state index is 0.0802. The normalized spacial score (nSPS) is 11.7. The number of benzene rings is 3. The Labute approximate surface area is 204 Å². The van der Waals surface area contributed by atoms with Gasteiger partial charge in [-0.15, -0.1) is 0 Å². The van der Waals surface area contributed by atoms with Crippen molar-refractivity contribution in [1.29, 1.82) is 0 Å². The van der Waals surface area contributed by atoms with Crippen LogP contribution in [0.25, 0.3) is 22.0 Å². The average Bonchev–Trinajstić information content (AvgIpc) is 2.82. The van der Waals surface area contributed by atoms with Crippen LogP contribution in [0.5, 0.6) is 0 Å². The standard InChI is InChI=1S/C26H22F4N4O2/c1-13(2)14-7-9-21-18(11-14)23(31-3)34-25(33-21)32-20-10-8-15(24(35)36)12-17(20)16-5-4-6-19(22(16)27)26(28,29)30/h4-13H,1-3H3,(H,35,36)(H2,31,32,33,34). The number of halogens is 4. The second-order valence-corrected chi connectivity index (χ2v) is 8.43. The minimum atomic E-state index is -4.92. The number of anilines is 3. The van der Waals surface area contributed by atoms with Gasteiger partial charge in [-0.2, -0.15) is 18.2 Å². The van der Waals surface area contributed by atoms with E-state index < -0.39 is 29.1 Å². The second-order valence-electron chi connectivity index (χ2n) is 8.43. The summed E-state index contributed by atoms with van der Waals surface area (Å²) in [6.07, 6.45) is -4.92. The Bertz CT molecular complexity index is 1470. The van der Waals surface area contributed by atoms with Crippen molar-refractivity contribution < 1.29 is 27.5 Å². The number of nitrogens with zero attached hydrogens (tertiary/aromatic N) is 2. The third-order valence-electron chi connectivity index (χ3n) is 5.73. The summed E-state index contributed by atoms with van der Waals surface area (Å²) in [5.41, 5.74) is -0.325. The Morgan fingerprint density at radius 1 is 1.00 bits per heavy atom. The molecule has 1 aromatic heterocycles. The zero-order valence-electron chi connectivity index (χ0n) is 19.5. The van der Waals surface area contributed by atoms with Crippen molar-refractivity contribution in [2.75, 3.05) is 17.7 Å². The summed E-state index contributed by atoms with van der Waals surface area (Å²) in [4.78, 5) is 20.5. The minimum Gasteiger partial charge on any atom is -0.478 e. The van der Waals surface area contributed by atoms with Gasteiger partial charge in [0.15, 0.2) is 0 Å². The van der Waals surface area contributed by atoms with E-state index in [4.69, 9.17) is 0 Å². The number of aromatic carboxylic acids is 1. The SMILES string of the molecule is CNc1nc(Nc2ccc(C(=O)O)cc2-c2cccc(C(F)(F)F)c2F)nc2ccc(C(C)C)cc12. The molecule has 0 aliphatic heterocycles. The molecule has 0 saturated heterocycles. The molecule has 10 heteroatoms. The molecule has 3 N–H and O–H groups in total. The van der Waals surface area contributed by atoms with Gasteiger partial charge in [0.2, 0.25) is 5.95 Å². The maximum absolute atomic E-state index is 15.0. The summed E-state index contributed by atoms with van der Waals surface area (Å²) in [5, 5.41) is 16.1. The second kappa shape index (κ2) is 9.44. The van der Waals surface area contributed by atoms with Gasteiger partial charge in [-0.05, 0) is 47.9 Å². The molecule has 186 valence electrons. The van der Waals surface area contributed by atoms with Crippen molar-refractivity contribution in [2.24, 2.45) is 0 Å². The number of alkyl halides is 3. The van der Waals surface area contributed by atoms with E-state index in [0.717, 1.165) is 29.1 Å². The lowest BCUT2D eigenvalue weighted by Gasteiger charge is -2.16. The quantitative estimate of drug-likeness (QED) is 0.247. The molecule has 6 nitrogen and oxygen atoms in total. The zero-order chi connectivity index (χ0) is 26.2. The topological polar surface area (TPSA) is 87.1 Å². The number of carbonyl (C=O) groups is 1. The van der Waals surface area contributed by atoms with Crippen molar-refractivity contribution in [3.63, 3.8) is 0 Å². The largest absolute Gasteiger partial charge is 0.478 e. The van der Waals surface area contributed by atoms with Crippen LogP contribution in [0.1, 0.15) is 41.3 Å². The fourth-order valence-electron chi connectivity index (χ4n) is 3.84. The Hall–Kier alpha value is -4.21. The molecule has 4 aromatic rings. The fourth-order valence-corrected chi connectivity index (χ4v) is 3.84. The zero-order valence-corrected chi connectivity index (χ0v) is 19.5. The maximum Gasteiger partial charge on any atom is 0.419 e. The highest BCUT2D eigenvalue weighted by atomic mass is 19.4. The smallest absolute Gasteiger partial charge is 0.419 e. The molecule has 36 heavy (non-hydrogen) atoms. The van der Waals surface area contributed by atoms with Gasteiger partial charge < -0.3 is 15.7 Å². The number of nitrogens with one attached hydrogen (secondary N) is 2. The van der Waals surface area contributed by atoms with Crippen LogP contribution < -0.4 is 10.6 Å². The molecule has 3 aromatic carbocycles. The average molecular weight is 498 g/mol. The molecule has 1 heterocycles. The predicted octanol–water partition coefficient (Wildman–Crippen LogP) is 7.06. The number of rotatable bonds is 6. The van der Waals surface area contributed by atoms with Crippen LogP contribution in [0.2, 0.25) is 0 Å². The van der Waals surface area contributed by atoms with Gasteiger partial charge in [-0.1, -0.05) is 32.0 Å². The van der Waals surface area contributed by atoms with E-state index >= 15 is 0 Å². The molecule has 0 unspecified atom stereocenters. The molecule has 0 atom stereocenters. The summed E-state index contributed by atoms with van der Waals surface area (Å²) in [6, 6.07) is 12.3. The van der Waals surface area contributed by atoms with E-state index in [-0.39, 0.29) is 28.7 Å². The Morgan fingerprint density at radius 2 is 1.75 bits per heavy atom. The van der Waals surface area contributed by atoms with E-state index in [1.807, 2.05) is 18.2 Å². The van der Waals surface area contributed by atoms with E-state index in [1.165, 1.54) is 12.1 Å². The van der Waals surface area contributed by atoms with Gasteiger partial charge in [-0.3, -0.25) is 0 Å². The van der Waals surface area contributed by atoms with Crippen molar-refractivity contribution in [2.45, 2.75) is 25.9 Å². The van der Waals surface area contributed by atoms with Gasteiger partial charge in [0.05, 0.1) is 16.6 Å². The molecule has 0 bridgehead atoms. The lowest BCUT2D eigenvalue weighted by Crippen LogP contribution is -2.09. The van der Waals surface area contributed by atoms with Gasteiger partial charge >= 0.3 is 12.1 Å². The van der Waals surface area contributed by atoms with E-state index in [2.05, 4.69) is 34.4 Å². The fraction of sp³-hybridized carbons (Fsp3) is 0.192. The highest BCUT2D eigenvalue weighted by Gasteiger charge is 2.35. The molecular formula is C26H22F4N4O2. The first-order valence-electron chi connectivity index (χ1n) is 11.0.